The first-order valence-electron chi connectivity index (χ1n) is 5.94. The van der Waals surface area contributed by atoms with Crippen molar-refractivity contribution in [3.8, 4) is 5.75 Å². The van der Waals surface area contributed by atoms with Gasteiger partial charge in [-0.2, -0.15) is 0 Å². The summed E-state index contributed by atoms with van der Waals surface area (Å²) in [5, 5.41) is 2.80. The molecule has 2 heterocycles. The van der Waals surface area contributed by atoms with Crippen molar-refractivity contribution in [1.29, 1.82) is 0 Å². The number of rotatable bonds is 3. The van der Waals surface area contributed by atoms with E-state index >= 15 is 0 Å². The Kier molecular flexibility index (Phi) is 2.87. The van der Waals surface area contributed by atoms with Gasteiger partial charge in [-0.15, -0.1) is 11.3 Å². The molecule has 0 amide bonds. The number of methoxy groups -OCH3 is 1. The Morgan fingerprint density at radius 2 is 2.16 bits per heavy atom. The van der Waals surface area contributed by atoms with Crippen LogP contribution in [0.3, 0.4) is 0 Å². The van der Waals surface area contributed by atoms with E-state index in [0.717, 1.165) is 16.7 Å². The number of hydrogen-bond donors (Lipinski definition) is 1. The molecule has 0 atom stereocenters. The first-order valence-corrected chi connectivity index (χ1v) is 6.82. The first-order chi connectivity index (χ1) is 9.19. The Hall–Kier alpha value is -2.07. The third-order valence-electron chi connectivity index (χ3n) is 3.12. The van der Waals surface area contributed by atoms with Crippen molar-refractivity contribution in [1.82, 2.24) is 4.98 Å². The number of carbonyl (C=O) groups excluding carboxylic acids is 1. The molecule has 0 bridgehead atoms. The highest BCUT2D eigenvalue weighted by Gasteiger charge is 2.16. The number of benzene rings is 1. The molecule has 0 radical (unpaired) electrons. The van der Waals surface area contributed by atoms with Gasteiger partial charge in [0.25, 0.3) is 0 Å². The smallest absolute Gasteiger partial charge is 0.205 e. The van der Waals surface area contributed by atoms with Crippen molar-refractivity contribution in [2.24, 2.45) is 0 Å². The van der Waals surface area contributed by atoms with Crippen LogP contribution < -0.4 is 4.74 Å². The van der Waals surface area contributed by atoms with Crippen molar-refractivity contribution < 1.29 is 9.53 Å². The van der Waals surface area contributed by atoms with Gasteiger partial charge < -0.3 is 9.72 Å². The Balaban J connectivity index is 2.06. The van der Waals surface area contributed by atoms with Crippen molar-refractivity contribution >= 4 is 28.0 Å². The highest BCUT2D eigenvalue weighted by molar-refractivity contribution is 7.12. The zero-order chi connectivity index (χ0) is 13.4. The molecule has 4 heteroatoms. The number of carbonyl (C=O) groups is 1. The van der Waals surface area contributed by atoms with Crippen molar-refractivity contribution in [3.05, 3.63) is 51.8 Å². The average Bonchev–Trinajstić information content (AvgIpc) is 3.03. The van der Waals surface area contributed by atoms with Crippen molar-refractivity contribution in [2.75, 3.05) is 7.11 Å². The van der Waals surface area contributed by atoms with E-state index in [0.29, 0.717) is 10.4 Å². The van der Waals surface area contributed by atoms with Gasteiger partial charge in [0, 0.05) is 34.1 Å². The average molecular weight is 271 g/mol. The van der Waals surface area contributed by atoms with E-state index in [4.69, 9.17) is 4.74 Å². The Bertz CT molecular complexity index is 754. The Morgan fingerprint density at radius 3 is 2.89 bits per heavy atom. The van der Waals surface area contributed by atoms with E-state index in [1.165, 1.54) is 16.9 Å². The molecule has 1 aromatic carbocycles. The number of nitrogens with one attached hydrogen (secondary N) is 1. The first kappa shape index (κ1) is 12.0. The third-order valence-corrected chi connectivity index (χ3v) is 4.02. The van der Waals surface area contributed by atoms with Crippen LogP contribution in [0.2, 0.25) is 0 Å². The van der Waals surface area contributed by atoms with Gasteiger partial charge in [0.15, 0.2) is 0 Å². The molecule has 3 nitrogen and oxygen atoms in total. The lowest BCUT2D eigenvalue weighted by atomic mass is 10.1. The van der Waals surface area contributed by atoms with Crippen molar-refractivity contribution in [2.45, 2.75) is 6.92 Å². The lowest BCUT2D eigenvalue weighted by molar-refractivity contribution is 0.104. The van der Waals surface area contributed by atoms with Gasteiger partial charge in [-0.25, -0.2) is 0 Å². The third kappa shape index (κ3) is 2.04. The highest BCUT2D eigenvalue weighted by Crippen LogP contribution is 2.27. The number of fused-ring (bicyclic) bond motifs is 1. The zero-order valence-corrected chi connectivity index (χ0v) is 11.5. The normalized spacial score (nSPS) is 10.8. The second-order valence-electron chi connectivity index (χ2n) is 4.43. The van der Waals surface area contributed by atoms with E-state index in [2.05, 4.69) is 4.98 Å². The zero-order valence-electron chi connectivity index (χ0n) is 10.7. The minimum absolute atomic E-state index is 0.0309. The van der Waals surface area contributed by atoms with Crippen LogP contribution >= 0.6 is 11.3 Å². The van der Waals surface area contributed by atoms with E-state index in [9.17, 15) is 4.79 Å². The molecule has 96 valence electrons. The maximum atomic E-state index is 12.5. The minimum atomic E-state index is 0.0309. The summed E-state index contributed by atoms with van der Waals surface area (Å²) in [5.74, 6) is 0.757. The Morgan fingerprint density at radius 1 is 1.32 bits per heavy atom. The lowest BCUT2D eigenvalue weighted by Crippen LogP contribution is -1.97. The number of thiophene rings is 1. The minimum Gasteiger partial charge on any atom is -0.496 e. The van der Waals surface area contributed by atoms with Crippen LogP contribution in [-0.4, -0.2) is 17.9 Å². The van der Waals surface area contributed by atoms with Crippen LogP contribution in [0.1, 0.15) is 20.8 Å². The second kappa shape index (κ2) is 4.55. The van der Waals surface area contributed by atoms with Gasteiger partial charge in [0.2, 0.25) is 5.78 Å². The lowest BCUT2D eigenvalue weighted by Gasteiger charge is -1.97. The molecule has 3 aromatic rings. The summed E-state index contributed by atoms with van der Waals surface area (Å²) in [6.07, 6.45) is 1.78. The quantitative estimate of drug-likeness (QED) is 0.737. The summed E-state index contributed by atoms with van der Waals surface area (Å²) in [6, 6.07) is 7.82. The summed E-state index contributed by atoms with van der Waals surface area (Å²) in [6.45, 7) is 2.03. The van der Waals surface area contributed by atoms with Crippen LogP contribution in [0.4, 0.5) is 0 Å². The fourth-order valence-electron chi connectivity index (χ4n) is 2.11. The highest BCUT2D eigenvalue weighted by atomic mass is 32.1. The molecule has 1 N–H and O–H groups in total. The fourth-order valence-corrected chi connectivity index (χ4v) is 2.91. The maximum Gasteiger partial charge on any atom is 0.205 e. The van der Waals surface area contributed by atoms with Gasteiger partial charge in [-0.3, -0.25) is 4.79 Å². The molecule has 0 saturated carbocycles. The molecule has 3 rings (SSSR count). The number of aromatic nitrogens is 1. The SMILES string of the molecule is COc1csc(C(=O)c2c[nH]c3cc(C)ccc23)c1. The molecule has 0 spiro atoms. The van der Waals surface area contributed by atoms with Gasteiger partial charge in [-0.05, 0) is 18.6 Å². The molecule has 19 heavy (non-hydrogen) atoms. The summed E-state index contributed by atoms with van der Waals surface area (Å²) in [5.41, 5.74) is 2.87. The molecule has 0 unspecified atom stereocenters. The number of aromatic amines is 1. The number of aryl methyl sites for hydroxylation is 1. The topological polar surface area (TPSA) is 42.1 Å². The van der Waals surface area contributed by atoms with Crippen LogP contribution in [-0.2, 0) is 0 Å². The van der Waals surface area contributed by atoms with E-state index in [-0.39, 0.29) is 5.78 Å². The van der Waals surface area contributed by atoms with Crippen LogP contribution in [0.5, 0.6) is 5.75 Å². The molecular formula is C15H13NO2S. The number of ketones is 1. The summed E-state index contributed by atoms with van der Waals surface area (Å²) < 4.78 is 5.12. The van der Waals surface area contributed by atoms with Crippen LogP contribution in [0, 0.1) is 6.92 Å². The molecule has 0 saturated heterocycles. The van der Waals surface area contributed by atoms with E-state index in [1.54, 1.807) is 19.4 Å². The van der Waals surface area contributed by atoms with Gasteiger partial charge in [0.05, 0.1) is 12.0 Å². The number of hydrogen-bond acceptors (Lipinski definition) is 3. The van der Waals surface area contributed by atoms with Crippen molar-refractivity contribution in [3.63, 3.8) is 0 Å². The molecule has 0 aliphatic carbocycles. The van der Waals surface area contributed by atoms with E-state index in [1.807, 2.05) is 30.5 Å². The number of ether oxygens (including phenoxy) is 1. The van der Waals surface area contributed by atoms with Crippen LogP contribution in [0.15, 0.2) is 35.8 Å². The molecule has 0 aliphatic rings. The summed E-state index contributed by atoms with van der Waals surface area (Å²) in [7, 11) is 1.60. The van der Waals surface area contributed by atoms with Gasteiger partial charge in [0.1, 0.15) is 5.75 Å². The largest absolute Gasteiger partial charge is 0.496 e. The van der Waals surface area contributed by atoms with E-state index < -0.39 is 0 Å². The maximum absolute atomic E-state index is 12.5. The predicted octanol–water partition coefficient (Wildman–Crippen LogP) is 3.78. The standard InChI is InChI=1S/C15H13NO2S/c1-9-3-4-11-12(7-16-13(11)5-9)15(17)14-6-10(18-2)8-19-14/h3-8,16H,1-2H3. The molecular weight excluding hydrogens is 258 g/mol. The molecule has 2 aromatic heterocycles. The van der Waals surface area contributed by atoms with Gasteiger partial charge >= 0.3 is 0 Å². The second-order valence-corrected chi connectivity index (χ2v) is 5.34. The Labute approximate surface area is 114 Å². The van der Waals surface area contributed by atoms with Crippen LogP contribution in [0.25, 0.3) is 10.9 Å². The van der Waals surface area contributed by atoms with Gasteiger partial charge in [-0.1, -0.05) is 12.1 Å². The predicted molar refractivity (Wildman–Crippen MR) is 77.3 cm³/mol. The number of H-pyrrole nitrogens is 1. The summed E-state index contributed by atoms with van der Waals surface area (Å²) in [4.78, 5) is 16.3. The monoisotopic (exact) mass is 271 g/mol. The molecule has 0 aliphatic heterocycles. The molecule has 0 fully saturated rings. The summed E-state index contributed by atoms with van der Waals surface area (Å²) >= 11 is 1.40. The fraction of sp³-hybridized carbons (Fsp3) is 0.133.